The molecule has 146 valence electrons. The molecule has 3 aromatic rings. The van der Waals surface area contributed by atoms with Gasteiger partial charge in [-0.3, -0.25) is 9.69 Å². The second-order valence-corrected chi connectivity index (χ2v) is 6.65. The average molecular weight is 387 g/mol. The topological polar surface area (TPSA) is 61.9 Å². The second-order valence-electron chi connectivity index (χ2n) is 6.65. The zero-order valence-electron chi connectivity index (χ0n) is 15.8. The van der Waals surface area contributed by atoms with Gasteiger partial charge in [-0.25, -0.2) is 4.79 Å². The van der Waals surface area contributed by atoms with E-state index >= 15 is 0 Å². The minimum absolute atomic E-state index is 0.0121. The maximum Gasteiger partial charge on any atom is 0.325 e. The predicted octanol–water partition coefficient (Wildman–Crippen LogP) is 4.36. The van der Waals surface area contributed by atoms with Crippen LogP contribution in [-0.2, 0) is 4.79 Å². The number of hydrogen-bond donors (Lipinski definition) is 1. The van der Waals surface area contributed by atoms with Crippen LogP contribution in [0.25, 0.3) is 0 Å². The summed E-state index contributed by atoms with van der Waals surface area (Å²) in [6.45, 7) is 1.05. The Morgan fingerprint density at radius 2 is 1.52 bits per heavy atom. The molecular formula is C23H21N3O3. The van der Waals surface area contributed by atoms with Gasteiger partial charge in [0.15, 0.2) is 5.75 Å². The summed E-state index contributed by atoms with van der Waals surface area (Å²) in [4.78, 5) is 28.5. The van der Waals surface area contributed by atoms with Crippen molar-refractivity contribution in [2.75, 3.05) is 29.9 Å². The van der Waals surface area contributed by atoms with Crippen LogP contribution in [0, 0.1) is 0 Å². The number of urea groups is 1. The Morgan fingerprint density at radius 3 is 2.28 bits per heavy atom. The van der Waals surface area contributed by atoms with E-state index in [1.54, 1.807) is 21.9 Å². The summed E-state index contributed by atoms with van der Waals surface area (Å²) in [5.41, 5.74) is 1.40. The molecule has 0 spiro atoms. The second kappa shape index (κ2) is 8.48. The molecular weight excluding hydrogens is 366 g/mol. The third-order valence-electron chi connectivity index (χ3n) is 4.63. The fraction of sp³-hybridized carbons (Fsp3) is 0.130. The molecule has 1 heterocycles. The maximum atomic E-state index is 12.6. The van der Waals surface area contributed by atoms with Crippen LogP contribution in [-0.4, -0.2) is 36.5 Å². The van der Waals surface area contributed by atoms with Gasteiger partial charge in [0.2, 0.25) is 5.91 Å². The van der Waals surface area contributed by atoms with Crippen LogP contribution in [0.1, 0.15) is 0 Å². The number of nitrogens with one attached hydrogen (secondary N) is 1. The average Bonchev–Trinajstić information content (AvgIpc) is 3.11. The van der Waals surface area contributed by atoms with Crippen molar-refractivity contribution in [2.45, 2.75) is 0 Å². The van der Waals surface area contributed by atoms with Crippen molar-refractivity contribution in [3.05, 3.63) is 84.9 Å². The Labute approximate surface area is 169 Å². The first-order valence-electron chi connectivity index (χ1n) is 9.44. The van der Waals surface area contributed by atoms with Gasteiger partial charge in [0.1, 0.15) is 12.3 Å². The van der Waals surface area contributed by atoms with Crippen molar-refractivity contribution < 1.29 is 14.3 Å². The highest BCUT2D eigenvalue weighted by atomic mass is 16.5. The molecule has 0 saturated carbocycles. The lowest BCUT2D eigenvalue weighted by atomic mass is 10.2. The van der Waals surface area contributed by atoms with Gasteiger partial charge in [0, 0.05) is 18.8 Å². The fourth-order valence-electron chi connectivity index (χ4n) is 3.21. The van der Waals surface area contributed by atoms with Crippen molar-refractivity contribution in [1.29, 1.82) is 0 Å². The summed E-state index contributed by atoms with van der Waals surface area (Å²) in [6.07, 6.45) is 0. The number of nitrogens with zero attached hydrogens (tertiary/aromatic N) is 2. The van der Waals surface area contributed by atoms with E-state index in [1.165, 1.54) is 0 Å². The molecule has 4 rings (SSSR count). The maximum absolute atomic E-state index is 12.6. The highest BCUT2D eigenvalue weighted by molar-refractivity contribution is 5.99. The van der Waals surface area contributed by atoms with E-state index in [1.807, 2.05) is 72.8 Å². The molecule has 29 heavy (non-hydrogen) atoms. The molecule has 1 N–H and O–H groups in total. The van der Waals surface area contributed by atoms with E-state index in [0.29, 0.717) is 30.3 Å². The minimum Gasteiger partial charge on any atom is -0.455 e. The van der Waals surface area contributed by atoms with Crippen LogP contribution in [0.4, 0.5) is 16.2 Å². The number of amides is 3. The minimum atomic E-state index is -0.266. The lowest BCUT2D eigenvalue weighted by Gasteiger charge is -2.19. The van der Waals surface area contributed by atoms with E-state index in [9.17, 15) is 9.59 Å². The number of ether oxygens (including phenoxy) is 1. The van der Waals surface area contributed by atoms with Crippen molar-refractivity contribution >= 4 is 23.3 Å². The standard InChI is InChI=1S/C23H21N3O3/c27-22(17-25-15-16-26(23(25)28)18-9-3-1-4-10-18)24-20-13-7-8-14-21(20)29-19-11-5-2-6-12-19/h1-14H,15-17H2,(H,24,27). The normalized spacial score (nSPS) is 13.4. The fourth-order valence-corrected chi connectivity index (χ4v) is 3.21. The first-order chi connectivity index (χ1) is 14.2. The van der Waals surface area contributed by atoms with Crippen molar-refractivity contribution in [3.63, 3.8) is 0 Å². The highest BCUT2D eigenvalue weighted by Crippen LogP contribution is 2.29. The third kappa shape index (κ3) is 4.38. The molecule has 6 nitrogen and oxygen atoms in total. The van der Waals surface area contributed by atoms with Crippen molar-refractivity contribution in [1.82, 2.24) is 4.90 Å². The summed E-state index contributed by atoms with van der Waals surface area (Å²) in [5, 5.41) is 2.86. The van der Waals surface area contributed by atoms with Gasteiger partial charge in [-0.2, -0.15) is 0 Å². The highest BCUT2D eigenvalue weighted by Gasteiger charge is 2.30. The van der Waals surface area contributed by atoms with E-state index in [0.717, 1.165) is 5.69 Å². The molecule has 1 aliphatic rings. The number of anilines is 2. The zero-order chi connectivity index (χ0) is 20.1. The Morgan fingerprint density at radius 1 is 0.862 bits per heavy atom. The Balaban J connectivity index is 1.40. The summed E-state index contributed by atoms with van der Waals surface area (Å²) in [5.74, 6) is 0.963. The SMILES string of the molecule is O=C(CN1CCN(c2ccccc2)C1=O)Nc1ccccc1Oc1ccccc1. The summed E-state index contributed by atoms with van der Waals surface area (Å²) in [6, 6.07) is 25.9. The van der Waals surface area contributed by atoms with E-state index in [2.05, 4.69) is 5.32 Å². The molecule has 1 saturated heterocycles. The van der Waals surface area contributed by atoms with Gasteiger partial charge in [0.25, 0.3) is 0 Å². The number of carbonyl (C=O) groups is 2. The van der Waals surface area contributed by atoms with Gasteiger partial charge in [0.05, 0.1) is 5.69 Å². The van der Waals surface area contributed by atoms with Gasteiger partial charge in [-0.15, -0.1) is 0 Å². The van der Waals surface area contributed by atoms with Gasteiger partial charge >= 0.3 is 6.03 Å². The molecule has 0 bridgehead atoms. The van der Waals surface area contributed by atoms with Crippen molar-refractivity contribution in [3.8, 4) is 11.5 Å². The molecule has 1 fully saturated rings. The lowest BCUT2D eigenvalue weighted by molar-refractivity contribution is -0.116. The molecule has 3 aromatic carbocycles. The van der Waals surface area contributed by atoms with E-state index in [-0.39, 0.29) is 18.5 Å². The molecule has 6 heteroatoms. The number of carbonyl (C=O) groups excluding carboxylic acids is 2. The smallest absolute Gasteiger partial charge is 0.325 e. The van der Waals surface area contributed by atoms with Crippen LogP contribution < -0.4 is 15.0 Å². The zero-order valence-corrected chi connectivity index (χ0v) is 15.8. The molecule has 3 amide bonds. The third-order valence-corrected chi connectivity index (χ3v) is 4.63. The Bertz CT molecular complexity index is 993. The van der Waals surface area contributed by atoms with E-state index in [4.69, 9.17) is 4.74 Å². The number of hydrogen-bond acceptors (Lipinski definition) is 3. The van der Waals surface area contributed by atoms with Gasteiger partial charge in [-0.05, 0) is 36.4 Å². The Hall–Kier alpha value is -3.80. The monoisotopic (exact) mass is 387 g/mol. The first kappa shape index (κ1) is 18.6. The van der Waals surface area contributed by atoms with Crippen LogP contribution in [0.5, 0.6) is 11.5 Å². The number of rotatable bonds is 6. The summed E-state index contributed by atoms with van der Waals surface area (Å²) >= 11 is 0. The van der Waals surface area contributed by atoms with E-state index < -0.39 is 0 Å². The largest absolute Gasteiger partial charge is 0.455 e. The van der Waals surface area contributed by atoms with Crippen molar-refractivity contribution in [2.24, 2.45) is 0 Å². The molecule has 0 atom stereocenters. The molecule has 0 radical (unpaired) electrons. The van der Waals surface area contributed by atoms with Gasteiger partial charge < -0.3 is 15.0 Å². The van der Waals surface area contributed by atoms with Gasteiger partial charge in [-0.1, -0.05) is 48.5 Å². The van der Waals surface area contributed by atoms with Crippen LogP contribution in [0.2, 0.25) is 0 Å². The number of para-hydroxylation sites is 4. The van der Waals surface area contributed by atoms with Crippen LogP contribution >= 0.6 is 0 Å². The van der Waals surface area contributed by atoms with Crippen LogP contribution in [0.15, 0.2) is 84.9 Å². The first-order valence-corrected chi connectivity index (χ1v) is 9.44. The molecule has 0 unspecified atom stereocenters. The summed E-state index contributed by atoms with van der Waals surface area (Å²) in [7, 11) is 0. The molecule has 0 aromatic heterocycles. The molecule has 0 aliphatic carbocycles. The quantitative estimate of drug-likeness (QED) is 0.684. The summed E-state index contributed by atoms with van der Waals surface area (Å²) < 4.78 is 5.87. The Kier molecular flexibility index (Phi) is 5.42. The number of benzene rings is 3. The predicted molar refractivity (Wildman–Crippen MR) is 112 cm³/mol. The lowest BCUT2D eigenvalue weighted by Crippen LogP contribution is -2.37. The van der Waals surface area contributed by atoms with Crippen LogP contribution in [0.3, 0.4) is 0 Å². The molecule has 1 aliphatic heterocycles.